The Kier molecular flexibility index (Phi) is 8.58. The van der Waals surface area contributed by atoms with Crippen LogP contribution in [0, 0.1) is 5.82 Å². The number of carbonyl (C=O) groups excluding carboxylic acids is 1. The summed E-state index contributed by atoms with van der Waals surface area (Å²) in [5.41, 5.74) is 10.5. The second-order valence-corrected chi connectivity index (χ2v) is 9.27. The van der Waals surface area contributed by atoms with Crippen molar-refractivity contribution in [3.63, 3.8) is 0 Å². The summed E-state index contributed by atoms with van der Waals surface area (Å²) < 4.78 is 14.3. The van der Waals surface area contributed by atoms with Gasteiger partial charge in [0, 0.05) is 59.5 Å². The van der Waals surface area contributed by atoms with Crippen LogP contribution in [0.4, 0.5) is 10.1 Å². The van der Waals surface area contributed by atoms with Gasteiger partial charge in [-0.25, -0.2) is 9.38 Å². The second kappa shape index (κ2) is 12.0. The van der Waals surface area contributed by atoms with E-state index in [0.717, 1.165) is 11.3 Å². The van der Waals surface area contributed by atoms with E-state index in [-0.39, 0.29) is 18.3 Å². The molecule has 10 heteroatoms. The number of allylic oxidation sites excluding steroid dienone is 1. The van der Waals surface area contributed by atoms with E-state index in [1.807, 2.05) is 32.0 Å². The first-order chi connectivity index (χ1) is 18.4. The van der Waals surface area contributed by atoms with Gasteiger partial charge in [-0.15, -0.1) is 0 Å². The molecule has 5 N–H and O–H groups in total. The Bertz CT molecular complexity index is 1390. The second-order valence-electron chi connectivity index (χ2n) is 8.86. The molecule has 1 unspecified atom stereocenters. The molecular weight excluding hydrogens is 505 g/mol. The average molecular weight is 536 g/mol. The van der Waals surface area contributed by atoms with Crippen LogP contribution >= 0.6 is 11.6 Å². The number of halogens is 2. The largest absolute Gasteiger partial charge is 0.404 e. The van der Waals surface area contributed by atoms with Crippen LogP contribution < -0.4 is 21.7 Å². The maximum atomic E-state index is 14.3. The smallest absolute Gasteiger partial charge is 0.251 e. The van der Waals surface area contributed by atoms with Crippen LogP contribution in [0.15, 0.2) is 74.4 Å². The lowest BCUT2D eigenvalue weighted by Crippen LogP contribution is -2.37. The van der Waals surface area contributed by atoms with Crippen molar-refractivity contribution >= 4 is 41.2 Å². The lowest BCUT2D eigenvalue weighted by molar-refractivity contribution is -0.117. The van der Waals surface area contributed by atoms with Gasteiger partial charge in [0.15, 0.2) is 0 Å². The van der Waals surface area contributed by atoms with E-state index in [2.05, 4.69) is 20.9 Å². The van der Waals surface area contributed by atoms with Crippen LogP contribution in [0.25, 0.3) is 0 Å². The van der Waals surface area contributed by atoms with Crippen molar-refractivity contribution in [2.24, 2.45) is 20.7 Å². The Morgan fingerprint density at radius 3 is 2.76 bits per heavy atom. The number of anilines is 1. The molecule has 0 saturated heterocycles. The Morgan fingerprint density at radius 2 is 2.05 bits per heavy atom. The maximum Gasteiger partial charge on any atom is 0.251 e. The summed E-state index contributed by atoms with van der Waals surface area (Å²) in [5, 5.41) is 9.81. The number of hydrogen-bond donors (Lipinski definition) is 4. The van der Waals surface area contributed by atoms with Crippen molar-refractivity contribution in [2.75, 3.05) is 18.4 Å². The zero-order valence-electron chi connectivity index (χ0n) is 21.6. The van der Waals surface area contributed by atoms with Crippen LogP contribution in [0.2, 0.25) is 5.02 Å². The highest BCUT2D eigenvalue weighted by atomic mass is 35.5. The van der Waals surface area contributed by atoms with Gasteiger partial charge in [0.05, 0.1) is 5.57 Å². The van der Waals surface area contributed by atoms with Crippen LogP contribution in [0.5, 0.6) is 0 Å². The van der Waals surface area contributed by atoms with Gasteiger partial charge in [-0.2, -0.15) is 4.99 Å². The van der Waals surface area contributed by atoms with Gasteiger partial charge in [0.25, 0.3) is 5.91 Å². The third-order valence-electron chi connectivity index (χ3n) is 6.37. The normalized spacial score (nSPS) is 18.3. The molecule has 0 aromatic heterocycles. The van der Waals surface area contributed by atoms with Gasteiger partial charge in [-0.05, 0) is 49.6 Å². The third-order valence-corrected chi connectivity index (χ3v) is 6.72. The molecule has 0 saturated carbocycles. The molecule has 4 rings (SSSR count). The van der Waals surface area contributed by atoms with E-state index in [0.29, 0.717) is 64.2 Å². The monoisotopic (exact) mass is 535 g/mol. The van der Waals surface area contributed by atoms with Gasteiger partial charge in [0.1, 0.15) is 17.7 Å². The molecule has 1 atom stereocenters. The van der Waals surface area contributed by atoms with Crippen molar-refractivity contribution in [2.45, 2.75) is 39.7 Å². The molecule has 1 amide bonds. The number of hydrogen-bond acceptors (Lipinski definition) is 6. The molecule has 2 aliphatic rings. The molecule has 0 bridgehead atoms. The summed E-state index contributed by atoms with van der Waals surface area (Å²) in [7, 11) is 0. The maximum absolute atomic E-state index is 14.3. The van der Waals surface area contributed by atoms with Gasteiger partial charge in [0.2, 0.25) is 5.96 Å². The highest BCUT2D eigenvalue weighted by Gasteiger charge is 2.31. The van der Waals surface area contributed by atoms with E-state index in [9.17, 15) is 9.18 Å². The minimum atomic E-state index is -0.689. The summed E-state index contributed by atoms with van der Waals surface area (Å²) in [5.74, 6) is 0.437. The molecule has 198 valence electrons. The highest BCUT2D eigenvalue weighted by molar-refractivity contribution is 6.31. The lowest BCUT2D eigenvalue weighted by atomic mass is 9.95. The summed E-state index contributed by atoms with van der Waals surface area (Å²) in [4.78, 5) is 27.0. The predicted octanol–water partition coefficient (Wildman–Crippen LogP) is 4.43. The number of amides is 1. The number of carbonyl (C=O) groups is 1. The minimum absolute atomic E-state index is 0.211. The van der Waals surface area contributed by atoms with Crippen molar-refractivity contribution in [1.29, 1.82) is 0 Å². The lowest BCUT2D eigenvalue weighted by Gasteiger charge is -2.26. The van der Waals surface area contributed by atoms with Crippen molar-refractivity contribution in [3.05, 3.63) is 87.0 Å². The van der Waals surface area contributed by atoms with Gasteiger partial charge >= 0.3 is 0 Å². The van der Waals surface area contributed by atoms with E-state index < -0.39 is 6.04 Å². The standard InChI is InChI=1S/C28H31ClFN7O/c1-4-18-20-12-24(35-23(20)11-10-22(18)30)36-28-34-16(3)25(26(37-28)19-8-6-7-9-21(19)29)27(38)33-15-17(13-31)14-32-5-2/h6-11,13-14,26H,4-5,12,15,31H2,1-3H3,(H,33,38)(H2,34,35,36,37)/b17-13+,32-14?. The predicted molar refractivity (Wildman–Crippen MR) is 152 cm³/mol. The van der Waals surface area contributed by atoms with Crippen LogP contribution in [0.3, 0.4) is 0 Å². The van der Waals surface area contributed by atoms with Crippen LogP contribution in [-0.2, 0) is 17.6 Å². The molecule has 38 heavy (non-hydrogen) atoms. The minimum Gasteiger partial charge on any atom is -0.404 e. The first kappa shape index (κ1) is 27.1. The van der Waals surface area contributed by atoms with E-state index in [1.54, 1.807) is 25.3 Å². The molecular formula is C28H31ClFN7O. The quantitative estimate of drug-likeness (QED) is 0.392. The summed E-state index contributed by atoms with van der Waals surface area (Å²) in [6.45, 7) is 6.47. The van der Waals surface area contributed by atoms with Crippen molar-refractivity contribution < 1.29 is 9.18 Å². The van der Waals surface area contributed by atoms with Gasteiger partial charge in [-0.1, -0.05) is 36.7 Å². The van der Waals surface area contributed by atoms with E-state index in [4.69, 9.17) is 27.3 Å². The number of rotatable bonds is 7. The summed E-state index contributed by atoms with van der Waals surface area (Å²) >= 11 is 6.54. The Morgan fingerprint density at radius 1 is 1.26 bits per heavy atom. The average Bonchev–Trinajstić information content (AvgIpc) is 3.31. The molecule has 8 nitrogen and oxygen atoms in total. The Balaban J connectivity index is 1.64. The molecule has 0 radical (unpaired) electrons. The number of guanidine groups is 1. The fraction of sp³-hybridized carbons (Fsp3) is 0.286. The Labute approximate surface area is 226 Å². The molecule has 2 aromatic rings. The highest BCUT2D eigenvalue weighted by Crippen LogP contribution is 2.35. The first-order valence-corrected chi connectivity index (χ1v) is 12.9. The Hall–Kier alpha value is -3.98. The van der Waals surface area contributed by atoms with Crippen molar-refractivity contribution in [1.82, 2.24) is 10.6 Å². The van der Waals surface area contributed by atoms with E-state index >= 15 is 0 Å². The number of benzene rings is 2. The topological polar surface area (TPSA) is 116 Å². The van der Waals surface area contributed by atoms with Crippen LogP contribution in [-0.4, -0.2) is 37.0 Å². The fourth-order valence-corrected chi connectivity index (χ4v) is 4.73. The zero-order chi connectivity index (χ0) is 27.2. The van der Waals surface area contributed by atoms with E-state index in [1.165, 1.54) is 12.3 Å². The number of nitrogens with two attached hydrogens (primary N) is 1. The molecule has 0 aliphatic carbocycles. The number of nitrogens with zero attached hydrogens (tertiary/aromatic N) is 3. The SMILES string of the molecule is CCN=C/C(=C\N)CNC(=O)C1=C(C)NC(/N=C2/Cc3c(ccc(F)c3CC)N2)=NC1c1ccccc1Cl. The van der Waals surface area contributed by atoms with Crippen LogP contribution in [0.1, 0.15) is 43.5 Å². The molecule has 2 aliphatic heterocycles. The number of nitrogens with one attached hydrogen (secondary N) is 3. The molecule has 0 fully saturated rings. The number of aliphatic imine (C=N–C) groups is 3. The van der Waals surface area contributed by atoms with Crippen molar-refractivity contribution in [3.8, 4) is 0 Å². The molecule has 2 heterocycles. The first-order valence-electron chi connectivity index (χ1n) is 12.5. The van der Waals surface area contributed by atoms with Gasteiger partial charge in [-0.3, -0.25) is 9.79 Å². The fourth-order valence-electron chi connectivity index (χ4n) is 4.49. The number of amidine groups is 1. The third kappa shape index (κ3) is 5.78. The number of fused-ring (bicyclic) bond motifs is 1. The summed E-state index contributed by atoms with van der Waals surface area (Å²) in [6.07, 6.45) is 4.10. The molecule has 0 spiro atoms. The summed E-state index contributed by atoms with van der Waals surface area (Å²) in [6, 6.07) is 9.77. The van der Waals surface area contributed by atoms with Gasteiger partial charge < -0.3 is 21.7 Å². The zero-order valence-corrected chi connectivity index (χ0v) is 22.4. The molecule has 2 aromatic carbocycles.